The van der Waals surface area contributed by atoms with E-state index in [0.717, 1.165) is 5.69 Å². The number of hydrogen-bond acceptors (Lipinski definition) is 5. The third-order valence-corrected chi connectivity index (χ3v) is 2.02. The van der Waals surface area contributed by atoms with Gasteiger partial charge in [-0.15, -0.1) is 0 Å². The summed E-state index contributed by atoms with van der Waals surface area (Å²) in [5.74, 6) is 0.243. The van der Waals surface area contributed by atoms with E-state index in [9.17, 15) is 4.79 Å². The first-order valence-electron chi connectivity index (χ1n) is 4.05. The highest BCUT2D eigenvalue weighted by atomic mass is 32.2. The molecule has 0 aliphatic rings. The molecule has 0 atom stereocenters. The lowest BCUT2D eigenvalue weighted by Crippen LogP contribution is -2.22. The molecule has 76 valence electrons. The van der Waals surface area contributed by atoms with Gasteiger partial charge in [0.1, 0.15) is 5.82 Å². The van der Waals surface area contributed by atoms with Crippen LogP contribution >= 0.6 is 11.8 Å². The van der Waals surface area contributed by atoms with Gasteiger partial charge in [-0.25, -0.2) is 9.97 Å². The zero-order valence-electron chi connectivity index (χ0n) is 8.07. The molecule has 0 aliphatic carbocycles. The number of thioether (sulfide) groups is 1. The van der Waals surface area contributed by atoms with Crippen LogP contribution in [0.4, 0.5) is 5.82 Å². The number of nitrogens with zero attached hydrogens (tertiary/aromatic N) is 2. The predicted molar refractivity (Wildman–Crippen MR) is 56.2 cm³/mol. The molecule has 0 saturated carbocycles. The number of amides is 1. The molecule has 0 bridgehead atoms. The van der Waals surface area contributed by atoms with Gasteiger partial charge in [-0.3, -0.25) is 4.79 Å². The lowest BCUT2D eigenvalue weighted by atomic mass is 10.4. The summed E-state index contributed by atoms with van der Waals surface area (Å²) in [6.45, 7) is 1.80. The quantitative estimate of drug-likeness (QED) is 0.560. The molecule has 0 fully saturated rings. The van der Waals surface area contributed by atoms with E-state index < -0.39 is 0 Å². The molecule has 1 amide bonds. The molecular weight excluding hydrogens is 200 g/mol. The van der Waals surface area contributed by atoms with Gasteiger partial charge in [0.25, 0.3) is 0 Å². The number of carbonyl (C=O) groups is 1. The molecule has 0 aliphatic heterocycles. The zero-order chi connectivity index (χ0) is 10.6. The number of nitrogens with one attached hydrogen (secondary N) is 1. The molecule has 5 nitrogen and oxygen atoms in total. The Bertz CT molecular complexity index is 342. The first-order chi connectivity index (χ1) is 6.65. The lowest BCUT2D eigenvalue weighted by molar-refractivity contribution is -0.114. The lowest BCUT2D eigenvalue weighted by Gasteiger charge is -2.04. The van der Waals surface area contributed by atoms with Crippen molar-refractivity contribution in [1.29, 1.82) is 0 Å². The van der Waals surface area contributed by atoms with Gasteiger partial charge in [0, 0.05) is 11.8 Å². The standard InChI is InChI=1S/C8H12N4OS/c1-5-3-6(11-7(13)4-9)12-8(10-5)14-2/h3H,4,9H2,1-2H3,(H,10,11,12,13). The Morgan fingerprint density at radius 3 is 2.93 bits per heavy atom. The van der Waals surface area contributed by atoms with Crippen LogP contribution < -0.4 is 11.1 Å². The first kappa shape index (κ1) is 10.9. The highest BCUT2D eigenvalue weighted by molar-refractivity contribution is 7.98. The Hall–Kier alpha value is -1.14. The minimum atomic E-state index is -0.254. The van der Waals surface area contributed by atoms with Crippen LogP contribution in [0.3, 0.4) is 0 Å². The van der Waals surface area contributed by atoms with Crippen molar-refractivity contribution < 1.29 is 4.79 Å². The van der Waals surface area contributed by atoms with Crippen molar-refractivity contribution in [3.8, 4) is 0 Å². The Kier molecular flexibility index (Phi) is 3.84. The van der Waals surface area contributed by atoms with Crippen molar-refractivity contribution in [2.24, 2.45) is 5.73 Å². The van der Waals surface area contributed by atoms with E-state index in [1.54, 1.807) is 6.07 Å². The average Bonchev–Trinajstić information content (AvgIpc) is 2.16. The molecule has 6 heteroatoms. The molecule has 0 radical (unpaired) electrons. The fourth-order valence-corrected chi connectivity index (χ4v) is 1.32. The molecule has 0 aromatic carbocycles. The number of nitrogens with two attached hydrogens (primary N) is 1. The van der Waals surface area contributed by atoms with Crippen LogP contribution in [0.5, 0.6) is 0 Å². The van der Waals surface area contributed by atoms with E-state index in [1.807, 2.05) is 13.2 Å². The fraction of sp³-hybridized carbons (Fsp3) is 0.375. The van der Waals surface area contributed by atoms with E-state index in [-0.39, 0.29) is 12.5 Å². The number of rotatable bonds is 3. The average molecular weight is 212 g/mol. The molecule has 0 spiro atoms. The monoisotopic (exact) mass is 212 g/mol. The Balaban J connectivity index is 2.86. The van der Waals surface area contributed by atoms with E-state index in [2.05, 4.69) is 15.3 Å². The number of carbonyl (C=O) groups excluding carboxylic acids is 1. The molecule has 0 saturated heterocycles. The van der Waals surface area contributed by atoms with Crippen molar-refractivity contribution in [3.05, 3.63) is 11.8 Å². The largest absolute Gasteiger partial charge is 0.322 e. The zero-order valence-corrected chi connectivity index (χ0v) is 8.89. The molecule has 1 aromatic heterocycles. The van der Waals surface area contributed by atoms with Crippen LogP contribution in [0, 0.1) is 6.92 Å². The summed E-state index contributed by atoms with van der Waals surface area (Å²) >= 11 is 1.43. The number of anilines is 1. The smallest absolute Gasteiger partial charge is 0.239 e. The molecule has 1 aromatic rings. The van der Waals surface area contributed by atoms with Crippen molar-refractivity contribution >= 4 is 23.5 Å². The molecule has 14 heavy (non-hydrogen) atoms. The number of hydrogen-bond donors (Lipinski definition) is 2. The summed E-state index contributed by atoms with van der Waals surface area (Å²) in [4.78, 5) is 19.2. The summed E-state index contributed by atoms with van der Waals surface area (Å²) < 4.78 is 0. The summed E-state index contributed by atoms with van der Waals surface area (Å²) in [5, 5.41) is 3.22. The third kappa shape index (κ3) is 2.97. The van der Waals surface area contributed by atoms with Gasteiger partial charge in [-0.1, -0.05) is 11.8 Å². The van der Waals surface area contributed by atoms with Gasteiger partial charge < -0.3 is 11.1 Å². The predicted octanol–water partition coefficient (Wildman–Crippen LogP) is 0.404. The maximum Gasteiger partial charge on any atom is 0.239 e. The van der Waals surface area contributed by atoms with Crippen LogP contribution in [-0.4, -0.2) is 28.7 Å². The van der Waals surface area contributed by atoms with Crippen molar-refractivity contribution in [1.82, 2.24) is 9.97 Å². The van der Waals surface area contributed by atoms with E-state index in [4.69, 9.17) is 5.73 Å². The fourth-order valence-electron chi connectivity index (χ4n) is 0.891. The van der Waals surface area contributed by atoms with Gasteiger partial charge in [0.05, 0.1) is 6.54 Å². The maximum absolute atomic E-state index is 11.0. The van der Waals surface area contributed by atoms with Crippen LogP contribution in [0.1, 0.15) is 5.69 Å². The summed E-state index contributed by atoms with van der Waals surface area (Å²) in [6.07, 6.45) is 1.88. The number of aromatic nitrogens is 2. The minimum Gasteiger partial charge on any atom is -0.322 e. The second kappa shape index (κ2) is 4.92. The van der Waals surface area contributed by atoms with Crippen LogP contribution in [-0.2, 0) is 4.79 Å². The van der Waals surface area contributed by atoms with Gasteiger partial charge in [0.2, 0.25) is 5.91 Å². The summed E-state index contributed by atoms with van der Waals surface area (Å²) in [7, 11) is 0. The van der Waals surface area contributed by atoms with Gasteiger partial charge in [-0.2, -0.15) is 0 Å². The summed E-state index contributed by atoms with van der Waals surface area (Å²) in [5.41, 5.74) is 5.98. The molecular formula is C8H12N4OS. The Morgan fingerprint density at radius 1 is 1.64 bits per heavy atom. The van der Waals surface area contributed by atoms with Crippen LogP contribution in [0.2, 0.25) is 0 Å². The van der Waals surface area contributed by atoms with Gasteiger partial charge >= 0.3 is 0 Å². The second-order valence-corrected chi connectivity index (χ2v) is 3.41. The Morgan fingerprint density at radius 2 is 2.36 bits per heavy atom. The molecule has 0 unspecified atom stereocenters. The van der Waals surface area contributed by atoms with Crippen molar-refractivity contribution in [2.75, 3.05) is 18.1 Å². The highest BCUT2D eigenvalue weighted by Crippen LogP contribution is 2.13. The SMILES string of the molecule is CSc1nc(C)cc(NC(=O)CN)n1. The van der Waals surface area contributed by atoms with Crippen molar-refractivity contribution in [3.63, 3.8) is 0 Å². The first-order valence-corrected chi connectivity index (χ1v) is 5.27. The maximum atomic E-state index is 11.0. The van der Waals surface area contributed by atoms with Crippen molar-refractivity contribution in [2.45, 2.75) is 12.1 Å². The molecule has 1 rings (SSSR count). The van der Waals surface area contributed by atoms with Crippen LogP contribution in [0.25, 0.3) is 0 Å². The minimum absolute atomic E-state index is 0.0440. The van der Waals surface area contributed by atoms with Crippen LogP contribution in [0.15, 0.2) is 11.2 Å². The van der Waals surface area contributed by atoms with E-state index in [0.29, 0.717) is 11.0 Å². The van der Waals surface area contributed by atoms with E-state index in [1.165, 1.54) is 11.8 Å². The van der Waals surface area contributed by atoms with E-state index >= 15 is 0 Å². The molecule has 1 heterocycles. The second-order valence-electron chi connectivity index (χ2n) is 2.63. The van der Waals surface area contributed by atoms with Gasteiger partial charge in [0.15, 0.2) is 5.16 Å². The number of aryl methyl sites for hydroxylation is 1. The third-order valence-electron chi connectivity index (χ3n) is 1.47. The van der Waals surface area contributed by atoms with Gasteiger partial charge in [-0.05, 0) is 13.2 Å². The molecule has 3 N–H and O–H groups in total. The topological polar surface area (TPSA) is 80.9 Å². The Labute approximate surface area is 86.5 Å². The summed E-state index contributed by atoms with van der Waals surface area (Å²) in [6, 6.07) is 1.70. The normalized spacial score (nSPS) is 9.93. The highest BCUT2D eigenvalue weighted by Gasteiger charge is 2.03.